The van der Waals surface area contributed by atoms with Crippen LogP contribution >= 0.6 is 23.2 Å². The van der Waals surface area contributed by atoms with Gasteiger partial charge in [-0.25, -0.2) is 4.79 Å². The molecule has 0 fully saturated rings. The van der Waals surface area contributed by atoms with Crippen LogP contribution in [0, 0.1) is 5.92 Å². The van der Waals surface area contributed by atoms with Crippen molar-refractivity contribution in [1.29, 1.82) is 0 Å². The number of benzene rings is 1. The number of ether oxygens (including phenoxy) is 1. The molecule has 4 rings (SSSR count). The largest absolute Gasteiger partial charge is 0.480 e. The number of carboxylic acid groups (broad SMARTS) is 1. The molecule has 30 heavy (non-hydrogen) atoms. The van der Waals surface area contributed by atoms with Crippen molar-refractivity contribution in [2.75, 3.05) is 6.54 Å². The molecular formula is C22H22Cl2N2O4. The van der Waals surface area contributed by atoms with E-state index in [1.54, 1.807) is 42.7 Å². The topological polar surface area (TPSA) is 79.7 Å². The molecule has 1 amide bonds. The lowest BCUT2D eigenvalue weighted by atomic mass is 10.0. The highest BCUT2D eigenvalue weighted by atomic mass is 35.5. The number of halogens is 2. The highest BCUT2D eigenvalue weighted by Crippen LogP contribution is 2.38. The molecule has 1 N–H and O–H groups in total. The summed E-state index contributed by atoms with van der Waals surface area (Å²) in [5.74, 6) is -0.327. The molecule has 0 aliphatic carbocycles. The van der Waals surface area contributed by atoms with Gasteiger partial charge in [0.1, 0.15) is 11.8 Å². The lowest BCUT2D eigenvalue weighted by molar-refractivity contribution is -0.149. The van der Waals surface area contributed by atoms with Crippen molar-refractivity contribution in [1.82, 2.24) is 9.88 Å². The predicted octanol–water partition coefficient (Wildman–Crippen LogP) is 4.61. The van der Waals surface area contributed by atoms with Gasteiger partial charge < -0.3 is 14.7 Å². The first-order chi connectivity index (χ1) is 14.3. The minimum atomic E-state index is -0.984. The zero-order valence-electron chi connectivity index (χ0n) is 16.6. The van der Waals surface area contributed by atoms with E-state index in [1.165, 1.54) is 4.90 Å². The van der Waals surface area contributed by atoms with Gasteiger partial charge in [-0.3, -0.25) is 9.78 Å². The van der Waals surface area contributed by atoms with Crippen molar-refractivity contribution >= 4 is 35.1 Å². The monoisotopic (exact) mass is 448 g/mol. The molecule has 0 unspecified atom stereocenters. The highest BCUT2D eigenvalue weighted by Gasteiger charge is 2.41. The van der Waals surface area contributed by atoms with Gasteiger partial charge in [-0.05, 0) is 36.6 Å². The van der Waals surface area contributed by atoms with E-state index in [9.17, 15) is 14.7 Å². The Kier molecular flexibility index (Phi) is 7.00. The van der Waals surface area contributed by atoms with Crippen LogP contribution in [0.3, 0.4) is 0 Å². The van der Waals surface area contributed by atoms with E-state index < -0.39 is 12.0 Å². The molecule has 1 aromatic heterocycles. The molecule has 1 aromatic carbocycles. The molecule has 6 nitrogen and oxygen atoms in total. The summed E-state index contributed by atoms with van der Waals surface area (Å²) in [6.07, 6.45) is 4.21. The third kappa shape index (κ3) is 4.94. The van der Waals surface area contributed by atoms with Crippen molar-refractivity contribution in [3.05, 3.63) is 69.7 Å². The molecule has 8 heteroatoms. The van der Waals surface area contributed by atoms with Crippen molar-refractivity contribution in [2.24, 2.45) is 5.92 Å². The molecular weight excluding hydrogens is 427 g/mol. The Balaban J connectivity index is 0.000000310. The number of nitrogens with zero attached hydrogens (tertiary/aromatic N) is 2. The number of hydrogen-bond donors (Lipinski definition) is 1. The summed E-state index contributed by atoms with van der Waals surface area (Å²) in [5.41, 5.74) is 1.64. The summed E-state index contributed by atoms with van der Waals surface area (Å²) in [5, 5.41) is 10.8. The number of fused-ring (bicyclic) bond motifs is 1. The number of aromatic nitrogens is 1. The molecule has 0 radical (unpaired) electrons. The van der Waals surface area contributed by atoms with Gasteiger partial charge in [-0.15, -0.1) is 0 Å². The van der Waals surface area contributed by atoms with E-state index in [4.69, 9.17) is 27.9 Å². The van der Waals surface area contributed by atoms with Gasteiger partial charge in [-0.1, -0.05) is 43.1 Å². The molecule has 3 heterocycles. The highest BCUT2D eigenvalue weighted by molar-refractivity contribution is 6.31. The number of amides is 1. The van der Waals surface area contributed by atoms with E-state index in [0.717, 1.165) is 11.1 Å². The Bertz CT molecular complexity index is 976. The second kappa shape index (κ2) is 9.49. The van der Waals surface area contributed by atoms with E-state index in [2.05, 4.69) is 4.98 Å². The Labute approximate surface area is 185 Å². The van der Waals surface area contributed by atoms with Crippen LogP contribution in [0.4, 0.5) is 0 Å². The molecule has 0 spiro atoms. The van der Waals surface area contributed by atoms with E-state index >= 15 is 0 Å². The number of pyridine rings is 1. The zero-order chi connectivity index (χ0) is 21.8. The van der Waals surface area contributed by atoms with E-state index in [0.29, 0.717) is 28.6 Å². The van der Waals surface area contributed by atoms with Crippen LogP contribution in [-0.2, 0) is 16.0 Å². The second-order valence-electron chi connectivity index (χ2n) is 7.52. The fourth-order valence-corrected chi connectivity index (χ4v) is 3.78. The van der Waals surface area contributed by atoms with Gasteiger partial charge in [0.05, 0.1) is 5.02 Å². The third-order valence-corrected chi connectivity index (χ3v) is 5.37. The smallest absolute Gasteiger partial charge is 0.326 e. The van der Waals surface area contributed by atoms with Gasteiger partial charge >= 0.3 is 5.97 Å². The van der Waals surface area contributed by atoms with Gasteiger partial charge in [0.2, 0.25) is 0 Å². The third-order valence-electron chi connectivity index (χ3n) is 4.80. The summed E-state index contributed by atoms with van der Waals surface area (Å²) < 4.78 is 5.73. The van der Waals surface area contributed by atoms with Crippen molar-refractivity contribution < 1.29 is 19.4 Å². The number of hydrogen-bond acceptors (Lipinski definition) is 4. The number of rotatable bonds is 4. The number of carbonyl (C=O) groups excluding carboxylic acids is 1. The quantitative estimate of drug-likeness (QED) is 0.738. The molecule has 1 atom stereocenters. The first-order valence-electron chi connectivity index (χ1n) is 9.54. The van der Waals surface area contributed by atoms with Crippen LogP contribution in [0.5, 0.6) is 5.75 Å². The molecule has 2 aromatic rings. The Hall–Kier alpha value is -2.57. The fraction of sp³-hybridized carbons (Fsp3) is 0.318. The Morgan fingerprint density at radius 3 is 2.60 bits per heavy atom. The summed E-state index contributed by atoms with van der Waals surface area (Å²) in [7, 11) is 0. The molecule has 0 saturated carbocycles. The second-order valence-corrected chi connectivity index (χ2v) is 8.36. The van der Waals surface area contributed by atoms with Gasteiger partial charge in [-0.2, -0.15) is 0 Å². The van der Waals surface area contributed by atoms with Crippen LogP contribution in [0.15, 0.2) is 54.1 Å². The maximum atomic E-state index is 12.6. The van der Waals surface area contributed by atoms with Crippen LogP contribution < -0.4 is 4.74 Å². The lowest BCUT2D eigenvalue weighted by Crippen LogP contribution is -2.44. The minimum Gasteiger partial charge on any atom is -0.480 e. The maximum Gasteiger partial charge on any atom is 0.326 e. The van der Waals surface area contributed by atoms with Gasteiger partial charge in [0, 0.05) is 41.5 Å². The number of carbonyl (C=O) groups is 2. The van der Waals surface area contributed by atoms with Crippen LogP contribution in [0.1, 0.15) is 25.8 Å². The average molecular weight is 449 g/mol. The Morgan fingerprint density at radius 2 is 2.03 bits per heavy atom. The molecule has 2 aliphatic rings. The summed E-state index contributed by atoms with van der Waals surface area (Å²) in [4.78, 5) is 29.3. The summed E-state index contributed by atoms with van der Waals surface area (Å²) in [6.45, 7) is 4.16. The van der Waals surface area contributed by atoms with Gasteiger partial charge in [0.15, 0.2) is 5.76 Å². The number of carboxylic acids is 1. The standard InChI is InChI=1S/C17H18ClNO4.C5H4ClN/c1-9(2)6-13(17(21)22)19-8-10-7-11-12(18)4-3-5-14(11)23-15(10)16(19)20;6-5-2-1-3-7-4-5/h3-5,9,13H,6-8H2,1-2H3,(H,21,22);1-4H/t13-;/m0./s1. The van der Waals surface area contributed by atoms with Crippen molar-refractivity contribution in [2.45, 2.75) is 32.7 Å². The first-order valence-corrected chi connectivity index (χ1v) is 10.3. The van der Waals surface area contributed by atoms with Crippen molar-refractivity contribution in [3.63, 3.8) is 0 Å². The van der Waals surface area contributed by atoms with Crippen LogP contribution in [-0.4, -0.2) is 39.5 Å². The summed E-state index contributed by atoms with van der Waals surface area (Å²) >= 11 is 11.7. The summed E-state index contributed by atoms with van der Waals surface area (Å²) in [6, 6.07) is 8.06. The van der Waals surface area contributed by atoms with Crippen LogP contribution in [0.25, 0.3) is 0 Å². The number of aliphatic carboxylic acids is 1. The Morgan fingerprint density at radius 1 is 1.27 bits per heavy atom. The molecule has 2 aliphatic heterocycles. The SMILES string of the molecule is CC(C)C[C@@H](C(=O)O)N1CC2=C(Oc3cccc(Cl)c3C2)C1=O.Clc1cccnc1. The minimum absolute atomic E-state index is 0.175. The normalized spacial score (nSPS) is 15.8. The van der Waals surface area contributed by atoms with Gasteiger partial charge in [0.25, 0.3) is 5.91 Å². The zero-order valence-corrected chi connectivity index (χ0v) is 18.2. The first kappa shape index (κ1) is 22.1. The van der Waals surface area contributed by atoms with E-state index in [-0.39, 0.29) is 24.1 Å². The molecule has 0 saturated heterocycles. The maximum absolute atomic E-state index is 12.6. The average Bonchev–Trinajstić information content (AvgIpc) is 3.01. The van der Waals surface area contributed by atoms with Crippen LogP contribution in [0.2, 0.25) is 10.0 Å². The van der Waals surface area contributed by atoms with E-state index in [1.807, 2.05) is 13.8 Å². The van der Waals surface area contributed by atoms with Crippen molar-refractivity contribution in [3.8, 4) is 5.75 Å². The molecule has 158 valence electrons. The predicted molar refractivity (Wildman–Crippen MR) is 115 cm³/mol. The fourth-order valence-electron chi connectivity index (χ4n) is 3.41. The molecule has 0 bridgehead atoms. The lowest BCUT2D eigenvalue weighted by Gasteiger charge is -2.25.